The van der Waals surface area contributed by atoms with Crippen molar-refractivity contribution < 1.29 is 0 Å². The van der Waals surface area contributed by atoms with Crippen molar-refractivity contribution in [3.8, 4) is 6.07 Å². The van der Waals surface area contributed by atoms with E-state index in [4.69, 9.17) is 40.1 Å². The predicted molar refractivity (Wildman–Crippen MR) is 75.6 cm³/mol. The van der Waals surface area contributed by atoms with Crippen molar-refractivity contribution in [3.05, 3.63) is 43.3 Å². The zero-order valence-corrected chi connectivity index (χ0v) is 12.0. The number of benzene rings is 1. The summed E-state index contributed by atoms with van der Waals surface area (Å²) in [7, 11) is 0. The number of rotatable bonds is 3. The average Bonchev–Trinajstić information content (AvgIpc) is 2.77. The monoisotopic (exact) mass is 317 g/mol. The van der Waals surface area contributed by atoms with E-state index in [1.165, 1.54) is 11.3 Å². The van der Waals surface area contributed by atoms with E-state index in [0.717, 1.165) is 4.88 Å². The van der Waals surface area contributed by atoms with Crippen LogP contribution in [-0.2, 0) is 6.54 Å². The molecule has 0 bridgehead atoms. The molecule has 0 amide bonds. The van der Waals surface area contributed by atoms with E-state index in [9.17, 15) is 0 Å². The second-order valence-electron chi connectivity index (χ2n) is 3.33. The predicted octanol–water partition coefficient (Wildman–Crippen LogP) is 4.59. The highest BCUT2D eigenvalue weighted by Crippen LogP contribution is 2.31. The molecular weight excluding hydrogens is 313 g/mol. The van der Waals surface area contributed by atoms with E-state index >= 15 is 0 Å². The number of thiazole rings is 1. The maximum atomic E-state index is 9.06. The van der Waals surface area contributed by atoms with E-state index < -0.39 is 0 Å². The smallest absolute Gasteiger partial charge is 0.183 e. The maximum absolute atomic E-state index is 9.06. The van der Waals surface area contributed by atoms with E-state index in [1.807, 2.05) is 6.07 Å². The Morgan fingerprint density at radius 2 is 2.11 bits per heavy atom. The molecule has 92 valence electrons. The van der Waals surface area contributed by atoms with Crippen molar-refractivity contribution in [2.24, 2.45) is 0 Å². The molecule has 18 heavy (non-hydrogen) atoms. The molecule has 2 rings (SSSR count). The van der Waals surface area contributed by atoms with Gasteiger partial charge in [0.05, 0.1) is 27.8 Å². The van der Waals surface area contributed by atoms with Crippen LogP contribution in [0.4, 0.5) is 5.69 Å². The van der Waals surface area contributed by atoms with Crippen molar-refractivity contribution in [1.82, 2.24) is 4.98 Å². The Kier molecular flexibility index (Phi) is 4.31. The quantitative estimate of drug-likeness (QED) is 0.900. The molecule has 1 N–H and O–H groups in total. The number of halogens is 3. The largest absolute Gasteiger partial charge is 0.379 e. The molecule has 0 aliphatic heterocycles. The average molecular weight is 319 g/mol. The lowest BCUT2D eigenvalue weighted by Crippen LogP contribution is -2.00. The SMILES string of the molecule is N#Cc1c(NCc2cnc(Cl)s2)ccc(Cl)c1Cl. The van der Waals surface area contributed by atoms with Gasteiger partial charge in [0.25, 0.3) is 0 Å². The fourth-order valence-electron chi connectivity index (χ4n) is 1.35. The molecule has 2 aromatic rings. The van der Waals surface area contributed by atoms with Gasteiger partial charge in [-0.15, -0.1) is 11.3 Å². The van der Waals surface area contributed by atoms with Gasteiger partial charge in [0, 0.05) is 11.1 Å². The van der Waals surface area contributed by atoms with Gasteiger partial charge in [-0.3, -0.25) is 0 Å². The number of anilines is 1. The lowest BCUT2D eigenvalue weighted by molar-refractivity contribution is 1.17. The number of nitrogens with one attached hydrogen (secondary N) is 1. The summed E-state index contributed by atoms with van der Waals surface area (Å²) in [5.74, 6) is 0. The number of hydrogen-bond acceptors (Lipinski definition) is 4. The first-order chi connectivity index (χ1) is 8.61. The minimum absolute atomic E-state index is 0.256. The summed E-state index contributed by atoms with van der Waals surface area (Å²) < 4.78 is 0.487. The second-order valence-corrected chi connectivity index (χ2v) is 5.81. The molecule has 0 aliphatic carbocycles. The Bertz CT molecular complexity index is 618. The van der Waals surface area contributed by atoms with Crippen LogP contribution in [-0.4, -0.2) is 4.98 Å². The first-order valence-electron chi connectivity index (χ1n) is 4.84. The first kappa shape index (κ1) is 13.4. The van der Waals surface area contributed by atoms with Gasteiger partial charge in [0.2, 0.25) is 0 Å². The van der Waals surface area contributed by atoms with Crippen molar-refractivity contribution in [1.29, 1.82) is 5.26 Å². The van der Waals surface area contributed by atoms with E-state index in [-0.39, 0.29) is 5.02 Å². The summed E-state index contributed by atoms with van der Waals surface area (Å²) in [6.07, 6.45) is 1.68. The third-order valence-corrected chi connectivity index (χ3v) is 4.10. The van der Waals surface area contributed by atoms with Crippen molar-refractivity contribution in [3.63, 3.8) is 0 Å². The van der Waals surface area contributed by atoms with Crippen LogP contribution in [0.5, 0.6) is 0 Å². The summed E-state index contributed by atoms with van der Waals surface area (Å²) in [5, 5.41) is 12.8. The Balaban J connectivity index is 2.20. The van der Waals surface area contributed by atoms with Gasteiger partial charge in [-0.25, -0.2) is 4.98 Å². The number of aromatic nitrogens is 1. The molecule has 0 atom stereocenters. The van der Waals surface area contributed by atoms with Crippen LogP contribution in [0.1, 0.15) is 10.4 Å². The minimum Gasteiger partial charge on any atom is -0.379 e. The summed E-state index contributed by atoms with van der Waals surface area (Å²) in [6.45, 7) is 0.525. The molecular formula is C11H6Cl3N3S. The maximum Gasteiger partial charge on any atom is 0.183 e. The molecule has 1 aromatic carbocycles. The van der Waals surface area contributed by atoms with Crippen molar-refractivity contribution in [2.75, 3.05) is 5.32 Å². The highest BCUT2D eigenvalue weighted by molar-refractivity contribution is 7.15. The summed E-state index contributed by atoms with van der Waals surface area (Å²) >= 11 is 18.9. The zero-order chi connectivity index (χ0) is 13.1. The zero-order valence-electron chi connectivity index (χ0n) is 8.88. The lowest BCUT2D eigenvalue weighted by Gasteiger charge is -2.08. The van der Waals surface area contributed by atoms with Gasteiger partial charge in [0.1, 0.15) is 6.07 Å². The molecule has 0 unspecified atom stereocenters. The van der Waals surface area contributed by atoms with Gasteiger partial charge < -0.3 is 5.32 Å². The third kappa shape index (κ3) is 2.88. The summed E-state index contributed by atoms with van der Waals surface area (Å²) in [4.78, 5) is 4.90. The summed E-state index contributed by atoms with van der Waals surface area (Å²) in [6, 6.07) is 5.39. The fourth-order valence-corrected chi connectivity index (χ4v) is 2.64. The Labute approximate surface area is 123 Å². The van der Waals surface area contributed by atoms with Crippen LogP contribution >= 0.6 is 46.1 Å². The number of hydrogen-bond donors (Lipinski definition) is 1. The van der Waals surface area contributed by atoms with Crippen LogP contribution in [0.15, 0.2) is 18.3 Å². The Hall–Kier alpha value is -0.990. The van der Waals surface area contributed by atoms with E-state index in [0.29, 0.717) is 27.3 Å². The van der Waals surface area contributed by atoms with Crippen LogP contribution in [0.3, 0.4) is 0 Å². The second kappa shape index (κ2) is 5.77. The van der Waals surface area contributed by atoms with Gasteiger partial charge in [-0.1, -0.05) is 34.8 Å². The highest BCUT2D eigenvalue weighted by Gasteiger charge is 2.10. The molecule has 0 saturated carbocycles. The topological polar surface area (TPSA) is 48.7 Å². The molecule has 0 aliphatic rings. The molecule has 0 spiro atoms. The molecule has 3 nitrogen and oxygen atoms in total. The van der Waals surface area contributed by atoms with E-state index in [1.54, 1.807) is 18.3 Å². The Morgan fingerprint density at radius 1 is 1.33 bits per heavy atom. The fraction of sp³-hybridized carbons (Fsp3) is 0.0909. The van der Waals surface area contributed by atoms with Crippen LogP contribution in [0.2, 0.25) is 14.5 Å². The standard InChI is InChI=1S/C11H6Cl3N3S/c12-8-1-2-9(7(3-15)10(8)13)16-4-6-5-17-11(14)18-6/h1-2,5,16H,4H2. The third-order valence-electron chi connectivity index (χ3n) is 2.19. The Morgan fingerprint density at radius 3 is 2.72 bits per heavy atom. The molecule has 1 heterocycles. The molecule has 0 radical (unpaired) electrons. The lowest BCUT2D eigenvalue weighted by atomic mass is 10.2. The van der Waals surface area contributed by atoms with Crippen LogP contribution < -0.4 is 5.32 Å². The normalized spacial score (nSPS) is 10.1. The minimum atomic E-state index is 0.256. The molecule has 7 heteroatoms. The number of nitrogens with zero attached hydrogens (tertiary/aromatic N) is 2. The van der Waals surface area contributed by atoms with E-state index in [2.05, 4.69) is 10.3 Å². The van der Waals surface area contributed by atoms with Crippen molar-refractivity contribution >= 4 is 51.8 Å². The van der Waals surface area contributed by atoms with Gasteiger partial charge in [-0.05, 0) is 12.1 Å². The first-order valence-corrected chi connectivity index (χ1v) is 6.79. The highest BCUT2D eigenvalue weighted by atomic mass is 35.5. The molecule has 0 fully saturated rings. The van der Waals surface area contributed by atoms with Crippen LogP contribution in [0.25, 0.3) is 0 Å². The van der Waals surface area contributed by atoms with Gasteiger partial charge in [-0.2, -0.15) is 5.26 Å². The molecule has 1 aromatic heterocycles. The van der Waals surface area contributed by atoms with Gasteiger partial charge in [0.15, 0.2) is 4.47 Å². The number of nitriles is 1. The van der Waals surface area contributed by atoms with Gasteiger partial charge >= 0.3 is 0 Å². The molecule has 0 saturated heterocycles. The summed E-state index contributed by atoms with van der Waals surface area (Å²) in [5.41, 5.74) is 0.969. The van der Waals surface area contributed by atoms with Crippen LogP contribution in [0, 0.1) is 11.3 Å². The van der Waals surface area contributed by atoms with Crippen molar-refractivity contribution in [2.45, 2.75) is 6.54 Å².